The average molecular weight is 316 g/mol. The van der Waals surface area contributed by atoms with Crippen molar-refractivity contribution in [2.75, 3.05) is 11.4 Å². The van der Waals surface area contributed by atoms with Crippen molar-refractivity contribution in [1.82, 2.24) is 0 Å². The molecular weight excluding hydrogens is 288 g/mol. The minimum Gasteiger partial charge on any atom is -0.478 e. The first kappa shape index (κ1) is 16.3. The highest BCUT2D eigenvalue weighted by molar-refractivity contribution is 6.00. The summed E-state index contributed by atoms with van der Waals surface area (Å²) in [4.78, 5) is 14.6. The lowest BCUT2D eigenvalue weighted by Crippen LogP contribution is -2.46. The molecule has 1 fully saturated rings. The zero-order valence-electron chi connectivity index (χ0n) is 14.3. The van der Waals surface area contributed by atoms with Crippen LogP contribution in [0.3, 0.4) is 0 Å². The van der Waals surface area contributed by atoms with Crippen LogP contribution in [0.4, 0.5) is 5.69 Å². The van der Waals surface area contributed by atoms with Crippen LogP contribution in [0, 0.1) is 5.92 Å². The molecule has 1 saturated carbocycles. The van der Waals surface area contributed by atoms with Gasteiger partial charge >= 0.3 is 0 Å². The summed E-state index contributed by atoms with van der Waals surface area (Å²) in [6.45, 7) is 4.94. The normalized spacial score (nSPS) is 21.8. The Kier molecular flexibility index (Phi) is 4.90. The summed E-state index contributed by atoms with van der Waals surface area (Å²) in [5, 5.41) is 0. The van der Waals surface area contributed by atoms with Crippen molar-refractivity contribution in [2.45, 2.75) is 64.5 Å². The zero-order valence-corrected chi connectivity index (χ0v) is 14.3. The topological polar surface area (TPSA) is 55.6 Å². The molecular formula is C19H28N2O2. The van der Waals surface area contributed by atoms with Crippen LogP contribution >= 0.6 is 0 Å². The van der Waals surface area contributed by atoms with E-state index in [1.54, 1.807) is 0 Å². The van der Waals surface area contributed by atoms with Crippen LogP contribution in [0.15, 0.2) is 18.2 Å². The summed E-state index contributed by atoms with van der Waals surface area (Å²) < 4.78 is 5.91. The van der Waals surface area contributed by atoms with Crippen LogP contribution in [0.25, 0.3) is 0 Å². The lowest BCUT2D eigenvalue weighted by molar-refractivity contribution is -0.126. The Labute approximate surface area is 139 Å². The number of nitrogens with zero attached hydrogens (tertiary/aromatic N) is 1. The number of hydrogen-bond donors (Lipinski definition) is 1. The molecule has 126 valence electrons. The predicted molar refractivity (Wildman–Crippen MR) is 92.7 cm³/mol. The number of hydrogen-bond acceptors (Lipinski definition) is 3. The molecule has 23 heavy (non-hydrogen) atoms. The summed E-state index contributed by atoms with van der Waals surface area (Å²) in [6.07, 6.45) is 6.08. The minimum atomic E-state index is -0.355. The summed E-state index contributed by atoms with van der Waals surface area (Å²) in [5.41, 5.74) is 8.37. The second-order valence-corrected chi connectivity index (χ2v) is 6.80. The van der Waals surface area contributed by atoms with Gasteiger partial charge in [-0.15, -0.1) is 0 Å². The van der Waals surface area contributed by atoms with E-state index in [9.17, 15) is 4.79 Å². The van der Waals surface area contributed by atoms with Crippen molar-refractivity contribution in [3.63, 3.8) is 0 Å². The molecule has 1 aromatic rings. The van der Waals surface area contributed by atoms with Crippen molar-refractivity contribution < 1.29 is 9.53 Å². The molecule has 1 amide bonds. The Balaban J connectivity index is 1.88. The number of benzene rings is 1. The van der Waals surface area contributed by atoms with E-state index in [0.717, 1.165) is 42.8 Å². The second kappa shape index (κ2) is 6.91. The van der Waals surface area contributed by atoms with E-state index < -0.39 is 0 Å². The van der Waals surface area contributed by atoms with E-state index in [-0.39, 0.29) is 18.1 Å². The predicted octanol–water partition coefficient (Wildman–Crippen LogP) is 3.79. The van der Waals surface area contributed by atoms with Gasteiger partial charge in [0.2, 0.25) is 0 Å². The Morgan fingerprint density at radius 1 is 1.30 bits per heavy atom. The fourth-order valence-corrected chi connectivity index (χ4v) is 3.28. The molecule has 0 saturated heterocycles. The molecule has 1 heterocycles. The third-order valence-corrected chi connectivity index (χ3v) is 4.96. The average Bonchev–Trinajstić information content (AvgIpc) is 3.40. The maximum absolute atomic E-state index is 12.7. The van der Waals surface area contributed by atoms with Crippen LogP contribution in [0.2, 0.25) is 0 Å². The Hall–Kier alpha value is -1.55. The number of anilines is 1. The van der Waals surface area contributed by atoms with Gasteiger partial charge in [-0.2, -0.15) is 0 Å². The van der Waals surface area contributed by atoms with Gasteiger partial charge in [0.15, 0.2) is 6.10 Å². The first-order valence-corrected chi connectivity index (χ1v) is 9.03. The maximum atomic E-state index is 12.7. The molecule has 2 N–H and O–H groups in total. The van der Waals surface area contributed by atoms with Gasteiger partial charge in [-0.25, -0.2) is 0 Å². The molecule has 3 rings (SSSR count). The minimum absolute atomic E-state index is 0.0804. The van der Waals surface area contributed by atoms with Crippen molar-refractivity contribution in [2.24, 2.45) is 11.7 Å². The number of nitrogens with two attached hydrogens (primary N) is 1. The first-order chi connectivity index (χ1) is 11.2. The third kappa shape index (κ3) is 3.37. The van der Waals surface area contributed by atoms with Gasteiger partial charge in [0.25, 0.3) is 5.91 Å². The molecule has 1 aromatic carbocycles. The molecule has 1 aliphatic carbocycles. The van der Waals surface area contributed by atoms with E-state index in [2.05, 4.69) is 19.1 Å². The molecule has 0 bridgehead atoms. The van der Waals surface area contributed by atoms with Crippen LogP contribution < -0.4 is 15.4 Å². The summed E-state index contributed by atoms with van der Waals surface area (Å²) in [6, 6.07) is 6.22. The number of carbonyl (C=O) groups is 1. The molecule has 0 aromatic heterocycles. The molecule has 2 aliphatic rings. The standard InChI is InChI=1S/C19H28N2O2/c1-3-5-6-11-21-15-12-14(18(20)13-7-8-13)9-10-17(15)23-16(4-2)19(21)22/h9-10,12-13,16,18H,3-8,11,20H2,1-2H3. The quantitative estimate of drug-likeness (QED) is 0.779. The number of ether oxygens (including phenoxy) is 1. The highest BCUT2D eigenvalue weighted by atomic mass is 16.5. The maximum Gasteiger partial charge on any atom is 0.268 e. The van der Waals surface area contributed by atoms with Crippen molar-refractivity contribution in [3.05, 3.63) is 23.8 Å². The summed E-state index contributed by atoms with van der Waals surface area (Å²) >= 11 is 0. The van der Waals surface area contributed by atoms with E-state index in [1.807, 2.05) is 17.9 Å². The van der Waals surface area contributed by atoms with Crippen molar-refractivity contribution in [3.8, 4) is 5.75 Å². The van der Waals surface area contributed by atoms with E-state index >= 15 is 0 Å². The van der Waals surface area contributed by atoms with Gasteiger partial charge in [0.05, 0.1) is 5.69 Å². The molecule has 0 spiro atoms. The summed E-state index contributed by atoms with van der Waals surface area (Å²) in [7, 11) is 0. The molecule has 4 nitrogen and oxygen atoms in total. The molecule has 2 unspecified atom stereocenters. The second-order valence-electron chi connectivity index (χ2n) is 6.80. The number of amides is 1. The summed E-state index contributed by atoms with van der Waals surface area (Å²) in [5.74, 6) is 1.51. The fourth-order valence-electron chi connectivity index (χ4n) is 3.28. The molecule has 4 heteroatoms. The monoisotopic (exact) mass is 316 g/mol. The number of rotatable bonds is 7. The Morgan fingerprint density at radius 2 is 2.09 bits per heavy atom. The Morgan fingerprint density at radius 3 is 2.74 bits per heavy atom. The van der Waals surface area contributed by atoms with Crippen LogP contribution in [0.5, 0.6) is 5.75 Å². The zero-order chi connectivity index (χ0) is 16.4. The van der Waals surface area contributed by atoms with E-state index in [4.69, 9.17) is 10.5 Å². The van der Waals surface area contributed by atoms with E-state index in [1.165, 1.54) is 12.8 Å². The third-order valence-electron chi connectivity index (χ3n) is 4.96. The van der Waals surface area contributed by atoms with Crippen LogP contribution in [-0.4, -0.2) is 18.6 Å². The SMILES string of the molecule is CCCCCN1C(=O)C(CC)Oc2ccc(C(N)C3CC3)cc21. The van der Waals surface area contributed by atoms with Gasteiger partial charge in [0.1, 0.15) is 5.75 Å². The van der Waals surface area contributed by atoms with Gasteiger partial charge in [-0.3, -0.25) is 4.79 Å². The van der Waals surface area contributed by atoms with Crippen molar-refractivity contribution in [1.29, 1.82) is 0 Å². The fraction of sp³-hybridized carbons (Fsp3) is 0.632. The van der Waals surface area contributed by atoms with Gasteiger partial charge in [-0.05, 0) is 49.3 Å². The van der Waals surface area contributed by atoms with Gasteiger partial charge in [-0.1, -0.05) is 32.8 Å². The van der Waals surface area contributed by atoms with Crippen LogP contribution in [-0.2, 0) is 4.79 Å². The number of fused-ring (bicyclic) bond motifs is 1. The van der Waals surface area contributed by atoms with Gasteiger partial charge in [0, 0.05) is 12.6 Å². The molecule has 1 aliphatic heterocycles. The molecule has 2 atom stereocenters. The largest absolute Gasteiger partial charge is 0.478 e. The highest BCUT2D eigenvalue weighted by Gasteiger charge is 2.35. The molecule has 0 radical (unpaired) electrons. The lowest BCUT2D eigenvalue weighted by atomic mass is 10.0. The van der Waals surface area contributed by atoms with Crippen molar-refractivity contribution >= 4 is 11.6 Å². The van der Waals surface area contributed by atoms with Crippen LogP contribution in [0.1, 0.15) is 64.0 Å². The van der Waals surface area contributed by atoms with Gasteiger partial charge < -0.3 is 15.4 Å². The number of carbonyl (C=O) groups excluding carboxylic acids is 1. The Bertz CT molecular complexity index is 568. The first-order valence-electron chi connectivity index (χ1n) is 9.03. The smallest absolute Gasteiger partial charge is 0.268 e. The van der Waals surface area contributed by atoms with E-state index in [0.29, 0.717) is 12.3 Å². The lowest BCUT2D eigenvalue weighted by Gasteiger charge is -2.34. The number of unbranched alkanes of at least 4 members (excludes halogenated alkanes) is 2. The highest BCUT2D eigenvalue weighted by Crippen LogP contribution is 2.42.